The Morgan fingerprint density at radius 3 is 2.41 bits per heavy atom. The molecule has 7 heteroatoms. The average Bonchev–Trinajstić information content (AvgIpc) is 2.50. The van der Waals surface area contributed by atoms with Gasteiger partial charge in [0.05, 0.1) is 12.1 Å². The summed E-state index contributed by atoms with van der Waals surface area (Å²) < 4.78 is 32.4. The number of hydrogen-bond donors (Lipinski definition) is 1. The van der Waals surface area contributed by atoms with Crippen molar-refractivity contribution >= 4 is 33.2 Å². The number of benzene rings is 2. The zero-order valence-corrected chi connectivity index (χ0v) is 14.2. The molecule has 118 valence electrons. The topological polar surface area (TPSA) is 55.4 Å². The third-order valence-electron chi connectivity index (χ3n) is 3.06. The molecule has 0 aromatic heterocycles. The predicted molar refractivity (Wildman–Crippen MR) is 88.3 cm³/mol. The minimum Gasteiger partial charge on any atom is -0.494 e. The van der Waals surface area contributed by atoms with Gasteiger partial charge in [-0.1, -0.05) is 53.5 Å². The van der Waals surface area contributed by atoms with Crippen molar-refractivity contribution in [1.82, 2.24) is 4.72 Å². The summed E-state index contributed by atoms with van der Waals surface area (Å²) in [4.78, 5) is -0.0301. The Morgan fingerprint density at radius 1 is 1.09 bits per heavy atom. The van der Waals surface area contributed by atoms with Crippen LogP contribution in [-0.4, -0.2) is 22.1 Å². The number of halogens is 2. The van der Waals surface area contributed by atoms with Crippen LogP contribution in [-0.2, 0) is 16.4 Å². The molecule has 0 heterocycles. The quantitative estimate of drug-likeness (QED) is 0.858. The summed E-state index contributed by atoms with van der Waals surface area (Å²) in [6.07, 6.45) is 0.587. The van der Waals surface area contributed by atoms with Crippen LogP contribution in [0.2, 0.25) is 10.0 Å². The van der Waals surface area contributed by atoms with Crippen molar-refractivity contribution in [3.63, 3.8) is 0 Å². The van der Waals surface area contributed by atoms with E-state index in [2.05, 4.69) is 4.72 Å². The maximum absolute atomic E-state index is 12.4. The second-order valence-electron chi connectivity index (χ2n) is 4.53. The SMILES string of the molecule is COc1c(S(=O)(=O)NCCc2ccccc2)ccc(Cl)c1Cl. The Morgan fingerprint density at radius 2 is 1.77 bits per heavy atom. The molecular weight excluding hydrogens is 345 g/mol. The van der Waals surface area contributed by atoms with Gasteiger partial charge in [-0.2, -0.15) is 0 Å². The number of methoxy groups -OCH3 is 1. The summed E-state index contributed by atoms with van der Waals surface area (Å²) in [5.41, 5.74) is 1.05. The van der Waals surface area contributed by atoms with Crippen LogP contribution in [0.1, 0.15) is 5.56 Å². The normalized spacial score (nSPS) is 11.4. The van der Waals surface area contributed by atoms with Crippen LogP contribution in [0.3, 0.4) is 0 Å². The summed E-state index contributed by atoms with van der Waals surface area (Å²) in [6.45, 7) is 0.274. The summed E-state index contributed by atoms with van der Waals surface area (Å²) in [6, 6.07) is 12.4. The second-order valence-corrected chi connectivity index (χ2v) is 7.05. The Bertz CT molecular complexity index is 749. The highest BCUT2D eigenvalue weighted by Gasteiger charge is 2.22. The first kappa shape index (κ1) is 17.1. The first-order chi connectivity index (χ1) is 10.5. The van der Waals surface area contributed by atoms with Crippen molar-refractivity contribution in [2.75, 3.05) is 13.7 Å². The van der Waals surface area contributed by atoms with Gasteiger partial charge >= 0.3 is 0 Å². The highest BCUT2D eigenvalue weighted by Crippen LogP contribution is 2.37. The summed E-state index contributed by atoms with van der Waals surface area (Å²) in [5, 5.41) is 0.317. The summed E-state index contributed by atoms with van der Waals surface area (Å²) >= 11 is 11.9. The van der Waals surface area contributed by atoms with E-state index in [0.717, 1.165) is 5.56 Å². The molecule has 0 amide bonds. The van der Waals surface area contributed by atoms with Gasteiger partial charge in [-0.05, 0) is 24.1 Å². The Balaban J connectivity index is 2.15. The first-order valence-corrected chi connectivity index (χ1v) is 8.75. The number of sulfonamides is 1. The Hall–Kier alpha value is -1.27. The van der Waals surface area contributed by atoms with E-state index in [-0.39, 0.29) is 27.2 Å². The van der Waals surface area contributed by atoms with Gasteiger partial charge in [0.25, 0.3) is 0 Å². The summed E-state index contributed by atoms with van der Waals surface area (Å²) in [5.74, 6) is 0.0429. The fourth-order valence-corrected chi connectivity index (χ4v) is 3.62. The molecule has 0 aliphatic carbocycles. The van der Waals surface area contributed by atoms with Crippen molar-refractivity contribution in [2.45, 2.75) is 11.3 Å². The lowest BCUT2D eigenvalue weighted by atomic mass is 10.2. The molecule has 0 unspecified atom stereocenters. The number of nitrogens with one attached hydrogen (secondary N) is 1. The number of ether oxygens (including phenoxy) is 1. The van der Waals surface area contributed by atoms with E-state index in [9.17, 15) is 8.42 Å². The monoisotopic (exact) mass is 359 g/mol. The van der Waals surface area contributed by atoms with E-state index >= 15 is 0 Å². The molecule has 2 aromatic carbocycles. The molecule has 1 N–H and O–H groups in total. The van der Waals surface area contributed by atoms with E-state index < -0.39 is 10.0 Å². The van der Waals surface area contributed by atoms with Gasteiger partial charge in [-0.15, -0.1) is 0 Å². The molecule has 0 aliphatic rings. The van der Waals surface area contributed by atoms with Gasteiger partial charge in [0.1, 0.15) is 9.92 Å². The van der Waals surface area contributed by atoms with Crippen LogP contribution >= 0.6 is 23.2 Å². The maximum Gasteiger partial charge on any atom is 0.244 e. The van der Waals surface area contributed by atoms with Gasteiger partial charge < -0.3 is 4.74 Å². The van der Waals surface area contributed by atoms with Gasteiger partial charge in [-0.3, -0.25) is 0 Å². The maximum atomic E-state index is 12.4. The van der Waals surface area contributed by atoms with Crippen LogP contribution in [0.25, 0.3) is 0 Å². The second kappa shape index (κ2) is 7.33. The Kier molecular flexibility index (Phi) is 5.69. The highest BCUT2D eigenvalue weighted by molar-refractivity contribution is 7.89. The van der Waals surface area contributed by atoms with Crippen molar-refractivity contribution in [3.8, 4) is 5.75 Å². The smallest absolute Gasteiger partial charge is 0.244 e. The van der Waals surface area contributed by atoms with Gasteiger partial charge in [0, 0.05) is 6.54 Å². The molecule has 2 rings (SSSR count). The number of rotatable bonds is 6. The van der Waals surface area contributed by atoms with Crippen LogP contribution in [0.4, 0.5) is 0 Å². The molecule has 4 nitrogen and oxygen atoms in total. The van der Waals surface area contributed by atoms with E-state index in [1.54, 1.807) is 0 Å². The van der Waals surface area contributed by atoms with Crippen molar-refractivity contribution in [2.24, 2.45) is 0 Å². The van der Waals surface area contributed by atoms with Crippen molar-refractivity contribution in [3.05, 3.63) is 58.1 Å². The molecular formula is C15H15Cl2NO3S. The molecule has 0 atom stereocenters. The Labute approximate surface area is 140 Å². The molecule has 22 heavy (non-hydrogen) atoms. The molecule has 0 bridgehead atoms. The minimum atomic E-state index is -3.73. The van der Waals surface area contributed by atoms with E-state index in [0.29, 0.717) is 6.42 Å². The van der Waals surface area contributed by atoms with Crippen LogP contribution < -0.4 is 9.46 Å². The zero-order chi connectivity index (χ0) is 16.2. The van der Waals surface area contributed by atoms with Crippen molar-refractivity contribution < 1.29 is 13.2 Å². The minimum absolute atomic E-state index is 0.0301. The zero-order valence-electron chi connectivity index (χ0n) is 11.8. The lowest BCUT2D eigenvalue weighted by Gasteiger charge is -2.12. The lowest BCUT2D eigenvalue weighted by Crippen LogP contribution is -2.26. The molecule has 0 saturated carbocycles. The molecule has 0 spiro atoms. The van der Waals surface area contributed by atoms with Gasteiger partial charge in [-0.25, -0.2) is 13.1 Å². The standard InChI is InChI=1S/C15H15Cl2NO3S/c1-21-15-13(8-7-12(16)14(15)17)22(19,20)18-10-9-11-5-3-2-4-6-11/h2-8,18H,9-10H2,1H3. The fourth-order valence-electron chi connectivity index (χ4n) is 1.97. The summed E-state index contributed by atoms with van der Waals surface area (Å²) in [7, 11) is -2.38. The largest absolute Gasteiger partial charge is 0.494 e. The van der Waals surface area contributed by atoms with Crippen LogP contribution in [0, 0.1) is 0 Å². The predicted octanol–water partition coefficient (Wildman–Crippen LogP) is 3.52. The average molecular weight is 360 g/mol. The molecule has 0 saturated heterocycles. The van der Waals surface area contributed by atoms with E-state index in [1.807, 2.05) is 30.3 Å². The van der Waals surface area contributed by atoms with Crippen molar-refractivity contribution in [1.29, 1.82) is 0 Å². The lowest BCUT2D eigenvalue weighted by molar-refractivity contribution is 0.402. The van der Waals surface area contributed by atoms with Crippen LogP contribution in [0.15, 0.2) is 47.4 Å². The third kappa shape index (κ3) is 3.93. The number of hydrogen-bond acceptors (Lipinski definition) is 3. The fraction of sp³-hybridized carbons (Fsp3) is 0.200. The highest BCUT2D eigenvalue weighted by atomic mass is 35.5. The molecule has 0 radical (unpaired) electrons. The molecule has 2 aromatic rings. The third-order valence-corrected chi connectivity index (χ3v) is 5.33. The molecule has 0 fully saturated rings. The first-order valence-electron chi connectivity index (χ1n) is 6.51. The van der Waals surface area contributed by atoms with Crippen LogP contribution in [0.5, 0.6) is 5.75 Å². The molecule has 0 aliphatic heterocycles. The van der Waals surface area contributed by atoms with E-state index in [1.165, 1.54) is 19.2 Å². The van der Waals surface area contributed by atoms with Gasteiger partial charge in [0.2, 0.25) is 10.0 Å². The van der Waals surface area contributed by atoms with Gasteiger partial charge in [0.15, 0.2) is 5.75 Å². The van der Waals surface area contributed by atoms with E-state index in [4.69, 9.17) is 27.9 Å².